The number of guanidine groups is 1. The molecule has 0 spiro atoms. The summed E-state index contributed by atoms with van der Waals surface area (Å²) in [6.45, 7) is 1.24. The van der Waals surface area contributed by atoms with Crippen LogP contribution in [0.15, 0.2) is 53.5 Å². The van der Waals surface area contributed by atoms with E-state index in [1.165, 1.54) is 9.21 Å². The average Bonchev–Trinajstić information content (AvgIpc) is 3.21. The summed E-state index contributed by atoms with van der Waals surface area (Å²) in [5.41, 5.74) is 3.46. The Kier molecular flexibility index (Phi) is 9.32. The molecule has 1 aliphatic heterocycles. The summed E-state index contributed by atoms with van der Waals surface area (Å²) < 4.78 is 27.0. The molecule has 1 aliphatic rings. The summed E-state index contributed by atoms with van der Waals surface area (Å²) >= 11 is 0. The van der Waals surface area contributed by atoms with Crippen molar-refractivity contribution >= 4 is 51.6 Å². The van der Waals surface area contributed by atoms with Crippen LogP contribution in [0.2, 0.25) is 0 Å². The highest BCUT2D eigenvalue weighted by atomic mass is 127. The van der Waals surface area contributed by atoms with E-state index in [0.717, 1.165) is 23.2 Å². The number of anilines is 1. The summed E-state index contributed by atoms with van der Waals surface area (Å²) in [6, 6.07) is 15.0. The molecule has 2 N–H and O–H groups in total. The molecule has 10 heteroatoms. The fourth-order valence-corrected chi connectivity index (χ4v) is 4.86. The van der Waals surface area contributed by atoms with Gasteiger partial charge >= 0.3 is 0 Å². The molecular weight excluding hydrogens is 541 g/mol. The van der Waals surface area contributed by atoms with E-state index in [9.17, 15) is 13.2 Å². The summed E-state index contributed by atoms with van der Waals surface area (Å²) in [5.74, 6) is 0.452. The average molecular weight is 571 g/mol. The summed E-state index contributed by atoms with van der Waals surface area (Å²) in [4.78, 5) is 17.6. The summed E-state index contributed by atoms with van der Waals surface area (Å²) in [5, 5.41) is 6.22. The molecular formula is C22H30IN5O3S. The van der Waals surface area contributed by atoms with Gasteiger partial charge in [0, 0.05) is 46.3 Å². The van der Waals surface area contributed by atoms with Crippen molar-refractivity contribution in [3.63, 3.8) is 0 Å². The quantitative estimate of drug-likeness (QED) is 0.302. The number of carbonyl (C=O) groups excluding carboxylic acids is 1. The van der Waals surface area contributed by atoms with Gasteiger partial charge in [0.25, 0.3) is 5.91 Å². The molecule has 0 aromatic heterocycles. The Labute approximate surface area is 207 Å². The predicted octanol–water partition coefficient (Wildman–Crippen LogP) is 2.06. The number of aliphatic imine (C=N–C) groups is 1. The summed E-state index contributed by atoms with van der Waals surface area (Å²) in [7, 11) is 1.66. The molecule has 174 valence electrons. The molecule has 0 radical (unpaired) electrons. The van der Waals surface area contributed by atoms with E-state index < -0.39 is 10.0 Å². The number of halogens is 1. The Bertz CT molecular complexity index is 1060. The fourth-order valence-electron chi connectivity index (χ4n) is 3.44. The third-order valence-electron chi connectivity index (χ3n) is 5.12. The highest BCUT2D eigenvalue weighted by molar-refractivity contribution is 14.0. The minimum absolute atomic E-state index is 0. The van der Waals surface area contributed by atoms with Crippen LogP contribution >= 0.6 is 24.0 Å². The molecule has 32 heavy (non-hydrogen) atoms. The third kappa shape index (κ3) is 6.35. The van der Waals surface area contributed by atoms with Gasteiger partial charge in [-0.05, 0) is 35.7 Å². The van der Waals surface area contributed by atoms with Gasteiger partial charge in [-0.15, -0.1) is 24.0 Å². The Morgan fingerprint density at radius 1 is 1.09 bits per heavy atom. The van der Waals surface area contributed by atoms with Gasteiger partial charge in [-0.25, -0.2) is 8.42 Å². The van der Waals surface area contributed by atoms with Crippen molar-refractivity contribution in [1.82, 2.24) is 15.5 Å². The monoisotopic (exact) mass is 571 g/mol. The Balaban J connectivity index is 0.00000363. The van der Waals surface area contributed by atoms with Crippen molar-refractivity contribution in [2.75, 3.05) is 44.3 Å². The lowest BCUT2D eigenvalue weighted by Crippen LogP contribution is -2.41. The smallest absolute Gasteiger partial charge is 0.253 e. The second kappa shape index (κ2) is 11.5. The highest BCUT2D eigenvalue weighted by Crippen LogP contribution is 2.29. The zero-order valence-electron chi connectivity index (χ0n) is 18.5. The molecule has 3 rings (SSSR count). The fraction of sp³-hybridized carbons (Fsp3) is 0.364. The first-order chi connectivity index (χ1) is 14.8. The van der Waals surface area contributed by atoms with E-state index in [-0.39, 0.29) is 42.2 Å². The van der Waals surface area contributed by atoms with E-state index in [2.05, 4.69) is 15.6 Å². The van der Waals surface area contributed by atoms with Crippen LogP contribution in [0, 0.1) is 0 Å². The number of carbonyl (C=O) groups is 1. The standard InChI is InChI=1S/C22H29N5O3S.HI/c1-23-22(25-16-17-8-10-19(11-9-17)21(28)26(2)3)24-13-15-31(29,30)27-14-12-18-6-4-5-7-20(18)27;/h4-11H,12-16H2,1-3H3,(H2,23,24,25);1H. The molecule has 1 amide bonds. The largest absolute Gasteiger partial charge is 0.355 e. The molecule has 8 nitrogen and oxygen atoms in total. The maximum absolute atomic E-state index is 12.8. The molecule has 0 saturated heterocycles. The lowest BCUT2D eigenvalue weighted by atomic mass is 10.1. The van der Waals surface area contributed by atoms with Crippen molar-refractivity contribution in [1.29, 1.82) is 0 Å². The van der Waals surface area contributed by atoms with Gasteiger partial charge in [-0.3, -0.25) is 14.1 Å². The van der Waals surface area contributed by atoms with Crippen LogP contribution < -0.4 is 14.9 Å². The number of sulfonamides is 1. The van der Waals surface area contributed by atoms with Gasteiger partial charge in [0.05, 0.1) is 11.4 Å². The van der Waals surface area contributed by atoms with Crippen LogP contribution in [-0.2, 0) is 23.0 Å². The van der Waals surface area contributed by atoms with Crippen LogP contribution in [0.5, 0.6) is 0 Å². The molecule has 0 atom stereocenters. The first-order valence-corrected chi connectivity index (χ1v) is 11.8. The molecule has 0 saturated carbocycles. The summed E-state index contributed by atoms with van der Waals surface area (Å²) in [6.07, 6.45) is 0.741. The molecule has 1 heterocycles. The molecule has 0 aliphatic carbocycles. The first-order valence-electron chi connectivity index (χ1n) is 10.2. The third-order valence-corrected chi connectivity index (χ3v) is 6.89. The predicted molar refractivity (Wildman–Crippen MR) is 139 cm³/mol. The van der Waals surface area contributed by atoms with E-state index in [1.807, 2.05) is 36.4 Å². The van der Waals surface area contributed by atoms with E-state index in [0.29, 0.717) is 24.6 Å². The van der Waals surface area contributed by atoms with Crippen molar-refractivity contribution in [2.45, 2.75) is 13.0 Å². The maximum Gasteiger partial charge on any atom is 0.253 e. The van der Waals surface area contributed by atoms with Gasteiger partial charge in [0.2, 0.25) is 10.0 Å². The van der Waals surface area contributed by atoms with Gasteiger partial charge in [-0.2, -0.15) is 0 Å². The highest BCUT2D eigenvalue weighted by Gasteiger charge is 2.28. The molecule has 0 fully saturated rings. The lowest BCUT2D eigenvalue weighted by Gasteiger charge is -2.20. The van der Waals surface area contributed by atoms with Crippen LogP contribution in [0.3, 0.4) is 0 Å². The maximum atomic E-state index is 12.8. The van der Waals surface area contributed by atoms with Crippen LogP contribution in [0.4, 0.5) is 5.69 Å². The van der Waals surface area contributed by atoms with Gasteiger partial charge in [0.1, 0.15) is 0 Å². The number of nitrogens with one attached hydrogen (secondary N) is 2. The Morgan fingerprint density at radius 2 is 1.78 bits per heavy atom. The van der Waals surface area contributed by atoms with Crippen LogP contribution in [-0.4, -0.2) is 65.2 Å². The number of benzene rings is 2. The Hall–Kier alpha value is -2.34. The zero-order valence-corrected chi connectivity index (χ0v) is 21.7. The number of rotatable bonds is 7. The minimum Gasteiger partial charge on any atom is -0.355 e. The number of nitrogens with zero attached hydrogens (tertiary/aromatic N) is 3. The van der Waals surface area contributed by atoms with Crippen LogP contribution in [0.25, 0.3) is 0 Å². The van der Waals surface area contributed by atoms with Crippen molar-refractivity contribution < 1.29 is 13.2 Å². The molecule has 0 bridgehead atoms. The normalized spacial score (nSPS) is 13.2. The molecule has 2 aromatic rings. The number of amides is 1. The topological polar surface area (TPSA) is 94.1 Å². The number of hydrogen-bond donors (Lipinski definition) is 2. The second-order valence-electron chi connectivity index (χ2n) is 7.52. The van der Waals surface area contributed by atoms with Crippen molar-refractivity contribution in [3.05, 3.63) is 65.2 Å². The molecule has 0 unspecified atom stereocenters. The van der Waals surface area contributed by atoms with Crippen molar-refractivity contribution in [3.8, 4) is 0 Å². The Morgan fingerprint density at radius 3 is 2.44 bits per heavy atom. The van der Waals surface area contributed by atoms with Gasteiger partial charge < -0.3 is 15.5 Å². The number of para-hydroxylation sites is 1. The number of fused-ring (bicyclic) bond motifs is 1. The lowest BCUT2D eigenvalue weighted by molar-refractivity contribution is 0.0827. The van der Waals surface area contributed by atoms with Crippen LogP contribution in [0.1, 0.15) is 21.5 Å². The van der Waals surface area contributed by atoms with E-state index in [1.54, 1.807) is 33.3 Å². The SMILES string of the molecule is CN=C(NCCS(=O)(=O)N1CCc2ccccc21)NCc1ccc(C(=O)N(C)C)cc1.I. The van der Waals surface area contributed by atoms with Crippen molar-refractivity contribution in [2.24, 2.45) is 4.99 Å². The van der Waals surface area contributed by atoms with E-state index >= 15 is 0 Å². The zero-order chi connectivity index (χ0) is 22.4. The molecule has 2 aromatic carbocycles. The minimum atomic E-state index is -3.41. The second-order valence-corrected chi connectivity index (χ2v) is 9.53. The van der Waals surface area contributed by atoms with E-state index in [4.69, 9.17) is 0 Å². The van der Waals surface area contributed by atoms with Gasteiger partial charge in [0.15, 0.2) is 5.96 Å². The van der Waals surface area contributed by atoms with Gasteiger partial charge in [-0.1, -0.05) is 30.3 Å². The number of hydrogen-bond acceptors (Lipinski definition) is 4. The first kappa shape index (κ1) is 25.9.